The number of thioether (sulfide) groups is 1. The molecule has 124 valence electrons. The van der Waals surface area contributed by atoms with E-state index in [1.807, 2.05) is 52.0 Å². The van der Waals surface area contributed by atoms with Crippen molar-refractivity contribution >= 4 is 51.4 Å². The Balaban J connectivity index is 1.95. The molecule has 0 aliphatic rings. The summed E-state index contributed by atoms with van der Waals surface area (Å²) >= 11 is 8.75. The highest BCUT2D eigenvalue weighted by Gasteiger charge is 2.21. The van der Waals surface area contributed by atoms with Gasteiger partial charge in [0.2, 0.25) is 11.0 Å². The van der Waals surface area contributed by atoms with E-state index in [4.69, 9.17) is 11.6 Å². The van der Waals surface area contributed by atoms with E-state index in [0.717, 1.165) is 10.0 Å². The highest BCUT2D eigenvalue weighted by atomic mass is 35.5. The highest BCUT2D eigenvalue weighted by Crippen LogP contribution is 2.31. The van der Waals surface area contributed by atoms with Crippen LogP contribution >= 0.6 is 34.7 Å². The molecule has 0 fully saturated rings. The number of benzene rings is 1. The lowest BCUT2D eigenvalue weighted by Crippen LogP contribution is -2.44. The molecule has 0 unspecified atom stereocenters. The second kappa shape index (κ2) is 7.51. The summed E-state index contributed by atoms with van der Waals surface area (Å²) in [5, 5.41) is 15.4. The van der Waals surface area contributed by atoms with E-state index in [2.05, 4.69) is 20.8 Å². The first-order valence-corrected chi connectivity index (χ1v) is 9.15. The quantitative estimate of drug-likeness (QED) is 0.767. The van der Waals surface area contributed by atoms with E-state index in [0.29, 0.717) is 10.2 Å². The van der Waals surface area contributed by atoms with Crippen molar-refractivity contribution in [2.45, 2.75) is 42.8 Å². The van der Waals surface area contributed by atoms with E-state index < -0.39 is 0 Å². The maximum absolute atomic E-state index is 12.1. The molecule has 0 aliphatic heterocycles. The minimum atomic E-state index is -0.244. The molecule has 23 heavy (non-hydrogen) atoms. The zero-order valence-corrected chi connectivity index (χ0v) is 15.8. The van der Waals surface area contributed by atoms with Crippen molar-refractivity contribution in [2.75, 3.05) is 5.32 Å². The summed E-state index contributed by atoms with van der Waals surface area (Å²) < 4.78 is 0.742. The third-order valence-corrected chi connectivity index (χ3v) is 4.89. The molecule has 0 spiro atoms. The number of hydrogen-bond donors (Lipinski definition) is 2. The van der Waals surface area contributed by atoms with Crippen LogP contribution in [0.5, 0.6) is 0 Å². The average Bonchev–Trinajstić information content (AvgIpc) is 2.84. The molecule has 0 saturated heterocycles. The van der Waals surface area contributed by atoms with Gasteiger partial charge in [-0.1, -0.05) is 40.8 Å². The van der Waals surface area contributed by atoms with Crippen LogP contribution in [0.15, 0.2) is 28.6 Å². The second-order valence-corrected chi connectivity index (χ2v) is 9.01. The SMILES string of the molecule is C[C@H](Sc1nnc(Nc2cccc(Cl)c2)s1)C(=O)NC(C)(C)C. The third kappa shape index (κ3) is 6.01. The van der Waals surface area contributed by atoms with Crippen LogP contribution in [-0.4, -0.2) is 26.9 Å². The number of aromatic nitrogens is 2. The predicted molar refractivity (Wildman–Crippen MR) is 97.9 cm³/mol. The lowest BCUT2D eigenvalue weighted by atomic mass is 10.1. The molecular formula is C15H19ClN4OS2. The first-order chi connectivity index (χ1) is 10.7. The summed E-state index contributed by atoms with van der Waals surface area (Å²) in [6, 6.07) is 7.39. The molecular weight excluding hydrogens is 352 g/mol. The average molecular weight is 371 g/mol. The number of nitrogens with zero attached hydrogens (tertiary/aromatic N) is 2. The van der Waals surface area contributed by atoms with Crippen molar-refractivity contribution < 1.29 is 4.79 Å². The predicted octanol–water partition coefficient (Wildman–Crippen LogP) is 4.33. The number of amides is 1. The zero-order valence-electron chi connectivity index (χ0n) is 13.4. The Hall–Kier alpha value is -1.31. The molecule has 1 amide bonds. The van der Waals surface area contributed by atoms with E-state index >= 15 is 0 Å². The Morgan fingerprint density at radius 1 is 1.35 bits per heavy atom. The number of nitrogens with one attached hydrogen (secondary N) is 2. The first kappa shape index (κ1) is 18.0. The van der Waals surface area contributed by atoms with Crippen LogP contribution in [0.3, 0.4) is 0 Å². The molecule has 5 nitrogen and oxygen atoms in total. The third-order valence-electron chi connectivity index (χ3n) is 2.63. The van der Waals surface area contributed by atoms with Crippen molar-refractivity contribution in [3.63, 3.8) is 0 Å². The molecule has 0 bridgehead atoms. The summed E-state index contributed by atoms with van der Waals surface area (Å²) in [4.78, 5) is 12.1. The Morgan fingerprint density at radius 2 is 2.09 bits per heavy atom. The monoisotopic (exact) mass is 370 g/mol. The Bertz CT molecular complexity index is 684. The van der Waals surface area contributed by atoms with Crippen LogP contribution in [0.2, 0.25) is 5.02 Å². The van der Waals surface area contributed by atoms with Crippen LogP contribution in [0.1, 0.15) is 27.7 Å². The fraction of sp³-hybridized carbons (Fsp3) is 0.400. The number of halogens is 1. The van der Waals surface area contributed by atoms with Gasteiger partial charge in [-0.05, 0) is 45.9 Å². The summed E-state index contributed by atoms with van der Waals surface area (Å²) in [5.41, 5.74) is 0.607. The molecule has 0 aliphatic carbocycles. The number of rotatable bonds is 5. The minimum absolute atomic E-state index is 0.0120. The van der Waals surface area contributed by atoms with Gasteiger partial charge in [0.05, 0.1) is 5.25 Å². The smallest absolute Gasteiger partial charge is 0.233 e. The Kier molecular flexibility index (Phi) is 5.89. The lowest BCUT2D eigenvalue weighted by Gasteiger charge is -2.22. The highest BCUT2D eigenvalue weighted by molar-refractivity contribution is 8.02. The molecule has 1 aromatic carbocycles. The summed E-state index contributed by atoms with van der Waals surface area (Å²) in [6.45, 7) is 7.73. The van der Waals surface area contributed by atoms with Gasteiger partial charge in [-0.3, -0.25) is 4.79 Å². The lowest BCUT2D eigenvalue weighted by molar-refractivity contribution is -0.121. The standard InChI is InChI=1S/C15H19ClN4OS2/c1-9(12(21)18-15(2,3)4)22-14-20-19-13(23-14)17-11-7-5-6-10(16)8-11/h5-9H,1-4H3,(H,17,19)(H,18,21)/t9-/m0/s1. The summed E-state index contributed by atoms with van der Waals surface area (Å²) in [5.74, 6) is -0.0120. The van der Waals surface area contributed by atoms with E-state index in [1.54, 1.807) is 0 Å². The number of anilines is 2. The normalized spacial score (nSPS) is 12.7. The Morgan fingerprint density at radius 3 is 2.74 bits per heavy atom. The van der Waals surface area contributed by atoms with Crippen LogP contribution < -0.4 is 10.6 Å². The largest absolute Gasteiger partial charge is 0.351 e. The van der Waals surface area contributed by atoms with Gasteiger partial charge in [0, 0.05) is 16.2 Å². The van der Waals surface area contributed by atoms with Gasteiger partial charge >= 0.3 is 0 Å². The summed E-state index contributed by atoms with van der Waals surface area (Å²) in [6.07, 6.45) is 0. The Labute approximate surface area is 149 Å². The maximum Gasteiger partial charge on any atom is 0.233 e. The summed E-state index contributed by atoms with van der Waals surface area (Å²) in [7, 11) is 0. The van der Waals surface area contributed by atoms with Crippen molar-refractivity contribution in [2.24, 2.45) is 0 Å². The van der Waals surface area contributed by atoms with Crippen LogP contribution in [-0.2, 0) is 4.79 Å². The molecule has 1 heterocycles. The van der Waals surface area contributed by atoms with Crippen LogP contribution in [0.4, 0.5) is 10.8 Å². The second-order valence-electron chi connectivity index (χ2n) is 6.01. The van der Waals surface area contributed by atoms with Crippen LogP contribution in [0.25, 0.3) is 0 Å². The van der Waals surface area contributed by atoms with Gasteiger partial charge in [0.15, 0.2) is 4.34 Å². The molecule has 0 saturated carbocycles. The van der Waals surface area contributed by atoms with Crippen molar-refractivity contribution in [3.05, 3.63) is 29.3 Å². The number of carbonyl (C=O) groups excluding carboxylic acids is 1. The molecule has 2 aromatic rings. The van der Waals surface area contributed by atoms with E-state index in [-0.39, 0.29) is 16.7 Å². The fourth-order valence-electron chi connectivity index (χ4n) is 1.67. The number of carbonyl (C=O) groups is 1. The molecule has 1 aromatic heterocycles. The zero-order chi connectivity index (χ0) is 17.0. The molecule has 2 rings (SSSR count). The van der Waals surface area contributed by atoms with Gasteiger partial charge in [-0.15, -0.1) is 10.2 Å². The molecule has 0 radical (unpaired) electrons. The van der Waals surface area contributed by atoms with Crippen molar-refractivity contribution in [3.8, 4) is 0 Å². The van der Waals surface area contributed by atoms with Gasteiger partial charge in [-0.25, -0.2) is 0 Å². The molecule has 2 N–H and O–H groups in total. The minimum Gasteiger partial charge on any atom is -0.351 e. The number of hydrogen-bond acceptors (Lipinski definition) is 6. The molecule has 8 heteroatoms. The first-order valence-electron chi connectivity index (χ1n) is 7.08. The van der Waals surface area contributed by atoms with Crippen molar-refractivity contribution in [1.82, 2.24) is 15.5 Å². The fourth-order valence-corrected chi connectivity index (χ4v) is 3.78. The molecule has 1 atom stereocenters. The topological polar surface area (TPSA) is 66.9 Å². The van der Waals surface area contributed by atoms with Gasteiger partial charge in [0.25, 0.3) is 0 Å². The maximum atomic E-state index is 12.1. The van der Waals surface area contributed by atoms with Crippen LogP contribution in [0, 0.1) is 0 Å². The van der Waals surface area contributed by atoms with E-state index in [1.165, 1.54) is 23.1 Å². The van der Waals surface area contributed by atoms with Crippen molar-refractivity contribution in [1.29, 1.82) is 0 Å². The van der Waals surface area contributed by atoms with Gasteiger partial charge < -0.3 is 10.6 Å². The van der Waals surface area contributed by atoms with Gasteiger partial charge in [0.1, 0.15) is 0 Å². The van der Waals surface area contributed by atoms with Gasteiger partial charge in [-0.2, -0.15) is 0 Å². The van der Waals surface area contributed by atoms with E-state index in [9.17, 15) is 4.79 Å².